The molecule has 1 aromatic rings. The van der Waals surface area contributed by atoms with E-state index >= 15 is 0 Å². The highest BCUT2D eigenvalue weighted by Gasteiger charge is 2.41. The predicted octanol–water partition coefficient (Wildman–Crippen LogP) is 4.54. The highest BCUT2D eigenvalue weighted by molar-refractivity contribution is 9.10. The summed E-state index contributed by atoms with van der Waals surface area (Å²) in [4.78, 5) is 15.1. The van der Waals surface area contributed by atoms with E-state index in [-0.39, 0.29) is 6.03 Å². The van der Waals surface area contributed by atoms with E-state index in [1.165, 1.54) is 16.1 Å². The van der Waals surface area contributed by atoms with Gasteiger partial charge in [-0.25, -0.2) is 4.79 Å². The summed E-state index contributed by atoms with van der Waals surface area (Å²) in [5.41, 5.74) is 5.84. The van der Waals surface area contributed by atoms with Gasteiger partial charge in [0, 0.05) is 17.6 Å². The Bertz CT molecular complexity index is 902. The minimum atomic E-state index is -0.0977. The van der Waals surface area contributed by atoms with E-state index in [9.17, 15) is 4.79 Å². The van der Waals surface area contributed by atoms with Gasteiger partial charge in [-0.05, 0) is 65.4 Å². The zero-order chi connectivity index (χ0) is 19.3. The molecule has 0 fully saturated rings. The number of hydrazone groups is 2. The number of carbonyl (C=O) groups is 1. The summed E-state index contributed by atoms with van der Waals surface area (Å²) in [7, 11) is 0. The average Bonchev–Trinajstić information content (AvgIpc) is 3.00. The third kappa shape index (κ3) is 2.98. The molecule has 142 valence electrons. The molecular formula is C20H24BrN5O. The maximum absolute atomic E-state index is 13.2. The molecule has 0 aromatic heterocycles. The maximum atomic E-state index is 13.2. The SMILES string of the molecule is CCN1CC2=C3C(=NN(c4ccc(C(C)C)cc4Br)C(=O)N3CC2)C(C)=N1. The van der Waals surface area contributed by atoms with Crippen LogP contribution in [0.15, 0.2) is 44.1 Å². The van der Waals surface area contributed by atoms with E-state index in [4.69, 9.17) is 10.2 Å². The van der Waals surface area contributed by atoms with Crippen molar-refractivity contribution in [3.8, 4) is 0 Å². The van der Waals surface area contributed by atoms with Crippen molar-refractivity contribution in [2.24, 2.45) is 10.2 Å². The number of nitrogens with zero attached hydrogens (tertiary/aromatic N) is 5. The third-order valence-corrected chi connectivity index (χ3v) is 5.95. The fraction of sp³-hybridized carbons (Fsp3) is 0.450. The Labute approximate surface area is 168 Å². The summed E-state index contributed by atoms with van der Waals surface area (Å²) >= 11 is 3.64. The number of urea groups is 1. The fourth-order valence-electron chi connectivity index (χ4n) is 3.77. The number of benzene rings is 1. The number of halogens is 1. The largest absolute Gasteiger partial charge is 0.349 e. The van der Waals surface area contributed by atoms with Crippen LogP contribution < -0.4 is 5.01 Å². The van der Waals surface area contributed by atoms with Crippen LogP contribution in [0.1, 0.15) is 45.6 Å². The monoisotopic (exact) mass is 429 g/mol. The first-order valence-corrected chi connectivity index (χ1v) is 10.2. The molecule has 0 saturated carbocycles. The Kier molecular flexibility index (Phi) is 4.58. The first kappa shape index (κ1) is 18.2. The topological polar surface area (TPSA) is 51.5 Å². The Morgan fingerprint density at radius 3 is 2.70 bits per heavy atom. The predicted molar refractivity (Wildman–Crippen MR) is 112 cm³/mol. The van der Waals surface area contributed by atoms with Gasteiger partial charge in [-0.2, -0.15) is 15.2 Å². The average molecular weight is 430 g/mol. The normalized spacial score (nSPS) is 19.5. The Hall–Kier alpha value is -2.15. The number of likely N-dealkylation sites (N-methyl/N-ethyl adjacent to an activating group) is 1. The molecule has 0 atom stereocenters. The molecule has 6 nitrogen and oxygen atoms in total. The number of hydrogen-bond acceptors (Lipinski definition) is 4. The third-order valence-electron chi connectivity index (χ3n) is 5.32. The van der Waals surface area contributed by atoms with Gasteiger partial charge in [0.25, 0.3) is 0 Å². The summed E-state index contributed by atoms with van der Waals surface area (Å²) in [6, 6.07) is 6.00. The van der Waals surface area contributed by atoms with Crippen molar-refractivity contribution < 1.29 is 4.79 Å². The molecule has 0 unspecified atom stereocenters. The smallest absolute Gasteiger partial charge is 0.293 e. The summed E-state index contributed by atoms with van der Waals surface area (Å²) in [5.74, 6) is 0.422. The van der Waals surface area contributed by atoms with Crippen molar-refractivity contribution >= 4 is 39.1 Å². The molecule has 3 aliphatic rings. The molecule has 3 aliphatic heterocycles. The molecule has 3 heterocycles. The molecule has 0 N–H and O–H groups in total. The summed E-state index contributed by atoms with van der Waals surface area (Å²) in [6.45, 7) is 10.7. The molecule has 0 saturated heterocycles. The van der Waals surface area contributed by atoms with E-state index < -0.39 is 0 Å². The van der Waals surface area contributed by atoms with Gasteiger partial charge in [-0.15, -0.1) is 0 Å². The second-order valence-electron chi connectivity index (χ2n) is 7.43. The van der Waals surface area contributed by atoms with Crippen molar-refractivity contribution in [3.05, 3.63) is 39.5 Å². The van der Waals surface area contributed by atoms with Crippen LogP contribution in [0.2, 0.25) is 0 Å². The van der Waals surface area contributed by atoms with Gasteiger partial charge in [0.05, 0.1) is 23.6 Å². The minimum Gasteiger partial charge on any atom is -0.293 e. The molecule has 0 bridgehead atoms. The fourth-order valence-corrected chi connectivity index (χ4v) is 4.33. The lowest BCUT2D eigenvalue weighted by Crippen LogP contribution is -2.47. The van der Waals surface area contributed by atoms with Crippen LogP contribution >= 0.6 is 15.9 Å². The van der Waals surface area contributed by atoms with Gasteiger partial charge in [-0.1, -0.05) is 19.9 Å². The molecule has 0 aliphatic carbocycles. The minimum absolute atomic E-state index is 0.0977. The molecular weight excluding hydrogens is 406 g/mol. The van der Waals surface area contributed by atoms with Gasteiger partial charge in [0.15, 0.2) is 0 Å². The Morgan fingerprint density at radius 1 is 1.26 bits per heavy atom. The zero-order valence-electron chi connectivity index (χ0n) is 16.2. The lowest BCUT2D eigenvalue weighted by Gasteiger charge is -2.32. The van der Waals surface area contributed by atoms with Gasteiger partial charge < -0.3 is 0 Å². The second kappa shape index (κ2) is 6.78. The first-order chi connectivity index (χ1) is 12.9. The molecule has 27 heavy (non-hydrogen) atoms. The molecule has 0 spiro atoms. The van der Waals surface area contributed by atoms with Crippen molar-refractivity contribution in [1.82, 2.24) is 9.91 Å². The lowest BCUT2D eigenvalue weighted by atomic mass is 10.0. The quantitative estimate of drug-likeness (QED) is 0.707. The van der Waals surface area contributed by atoms with E-state index in [1.54, 1.807) is 0 Å². The van der Waals surface area contributed by atoms with Gasteiger partial charge in [0.2, 0.25) is 0 Å². The van der Waals surface area contributed by atoms with Gasteiger partial charge in [-0.3, -0.25) is 9.91 Å². The molecule has 1 aromatic carbocycles. The van der Waals surface area contributed by atoms with Crippen LogP contribution in [0.3, 0.4) is 0 Å². The summed E-state index contributed by atoms with van der Waals surface area (Å²) in [6.07, 6.45) is 0.876. The number of carbonyl (C=O) groups excluding carboxylic acids is 1. The number of anilines is 1. The number of amides is 2. The van der Waals surface area contributed by atoms with Crippen LogP contribution in [0.25, 0.3) is 0 Å². The maximum Gasteiger partial charge on any atom is 0.349 e. The highest BCUT2D eigenvalue weighted by atomic mass is 79.9. The van der Waals surface area contributed by atoms with Gasteiger partial charge >= 0.3 is 6.03 Å². The number of hydrogen-bond donors (Lipinski definition) is 0. The lowest BCUT2D eigenvalue weighted by molar-refractivity contribution is 0.221. The Balaban J connectivity index is 1.82. The van der Waals surface area contributed by atoms with Crippen LogP contribution in [-0.4, -0.2) is 47.0 Å². The Morgan fingerprint density at radius 2 is 2.04 bits per heavy atom. The second-order valence-corrected chi connectivity index (χ2v) is 8.28. The zero-order valence-corrected chi connectivity index (χ0v) is 17.7. The number of rotatable bonds is 3. The molecule has 0 radical (unpaired) electrons. The highest BCUT2D eigenvalue weighted by Crippen LogP contribution is 2.37. The van der Waals surface area contributed by atoms with E-state index in [1.807, 2.05) is 22.9 Å². The first-order valence-electron chi connectivity index (χ1n) is 9.43. The summed E-state index contributed by atoms with van der Waals surface area (Å²) < 4.78 is 0.872. The van der Waals surface area contributed by atoms with Crippen LogP contribution in [0.5, 0.6) is 0 Å². The van der Waals surface area contributed by atoms with Crippen LogP contribution in [0.4, 0.5) is 10.5 Å². The van der Waals surface area contributed by atoms with Crippen molar-refractivity contribution in [1.29, 1.82) is 0 Å². The van der Waals surface area contributed by atoms with E-state index in [0.29, 0.717) is 12.5 Å². The van der Waals surface area contributed by atoms with E-state index in [2.05, 4.69) is 48.8 Å². The van der Waals surface area contributed by atoms with Crippen LogP contribution in [-0.2, 0) is 0 Å². The van der Waals surface area contributed by atoms with E-state index in [0.717, 1.165) is 46.8 Å². The van der Waals surface area contributed by atoms with Gasteiger partial charge in [0.1, 0.15) is 5.71 Å². The standard InChI is InChI=1S/C20H24BrN5O/c1-5-24-11-15-8-9-25-19(15)18(13(4)22-24)23-26(20(25)27)17-7-6-14(12(2)3)10-16(17)21/h6-7,10,12H,5,8-9,11H2,1-4H3. The molecule has 4 rings (SSSR count). The molecule has 2 amide bonds. The number of allylic oxidation sites excluding steroid dienone is 1. The molecule has 7 heteroatoms. The van der Waals surface area contributed by atoms with Crippen molar-refractivity contribution in [2.75, 3.05) is 24.6 Å². The van der Waals surface area contributed by atoms with Crippen LogP contribution in [0, 0.1) is 0 Å². The summed E-state index contributed by atoms with van der Waals surface area (Å²) in [5, 5.41) is 13.0. The van der Waals surface area contributed by atoms with Crippen molar-refractivity contribution in [3.63, 3.8) is 0 Å². The van der Waals surface area contributed by atoms with Crippen molar-refractivity contribution in [2.45, 2.75) is 40.0 Å².